The SMILES string of the molecule is Cc1cc(NC(=O)N[C@@H]2COC[C@H]2N2CCCCC2)ccc1N1CCCC1=O. The van der Waals surface area contributed by atoms with Gasteiger partial charge in [0.25, 0.3) is 0 Å². The third-order valence-electron chi connectivity index (χ3n) is 6.05. The zero-order chi connectivity index (χ0) is 19.5. The Morgan fingerprint density at radius 3 is 2.64 bits per heavy atom. The van der Waals surface area contributed by atoms with E-state index in [1.54, 1.807) is 0 Å². The highest BCUT2D eigenvalue weighted by molar-refractivity contribution is 5.96. The molecule has 3 saturated heterocycles. The van der Waals surface area contributed by atoms with Crippen LogP contribution < -0.4 is 15.5 Å². The fraction of sp³-hybridized carbons (Fsp3) is 0.619. The third kappa shape index (κ3) is 4.15. The predicted octanol–water partition coefficient (Wildman–Crippen LogP) is 2.50. The van der Waals surface area contributed by atoms with Crippen LogP contribution in [-0.4, -0.2) is 61.8 Å². The van der Waals surface area contributed by atoms with Gasteiger partial charge < -0.3 is 20.3 Å². The van der Waals surface area contributed by atoms with Crippen molar-refractivity contribution in [1.82, 2.24) is 10.2 Å². The molecule has 7 nitrogen and oxygen atoms in total. The zero-order valence-electron chi connectivity index (χ0n) is 16.6. The summed E-state index contributed by atoms with van der Waals surface area (Å²) in [6, 6.07) is 5.77. The number of benzene rings is 1. The number of urea groups is 1. The van der Waals surface area contributed by atoms with Crippen molar-refractivity contribution in [3.05, 3.63) is 23.8 Å². The Kier molecular flexibility index (Phi) is 5.82. The minimum Gasteiger partial charge on any atom is -0.378 e. The Hall–Kier alpha value is -2.12. The molecule has 152 valence electrons. The van der Waals surface area contributed by atoms with E-state index in [2.05, 4.69) is 15.5 Å². The lowest BCUT2D eigenvalue weighted by Crippen LogP contribution is -2.53. The number of nitrogens with zero attached hydrogens (tertiary/aromatic N) is 2. The summed E-state index contributed by atoms with van der Waals surface area (Å²) in [5.41, 5.74) is 2.66. The van der Waals surface area contributed by atoms with Gasteiger partial charge in [0, 0.05) is 24.3 Å². The lowest BCUT2D eigenvalue weighted by Gasteiger charge is -2.34. The second-order valence-corrected chi connectivity index (χ2v) is 8.06. The molecular formula is C21H30N4O3. The number of aryl methyl sites for hydroxylation is 1. The number of anilines is 2. The molecule has 0 bridgehead atoms. The second kappa shape index (κ2) is 8.49. The summed E-state index contributed by atoms with van der Waals surface area (Å²) in [5.74, 6) is 0.173. The van der Waals surface area contributed by atoms with E-state index in [-0.39, 0.29) is 24.0 Å². The van der Waals surface area contributed by atoms with E-state index in [0.29, 0.717) is 19.6 Å². The van der Waals surface area contributed by atoms with Crippen molar-refractivity contribution in [2.75, 3.05) is 43.1 Å². The van der Waals surface area contributed by atoms with Crippen LogP contribution >= 0.6 is 0 Å². The quantitative estimate of drug-likeness (QED) is 0.834. The van der Waals surface area contributed by atoms with Crippen molar-refractivity contribution in [2.24, 2.45) is 0 Å². The van der Waals surface area contributed by atoms with Gasteiger partial charge in [0.05, 0.1) is 25.3 Å². The molecular weight excluding hydrogens is 356 g/mol. The van der Waals surface area contributed by atoms with Gasteiger partial charge in [-0.3, -0.25) is 9.69 Å². The number of ether oxygens (including phenoxy) is 1. The molecule has 2 atom stereocenters. The van der Waals surface area contributed by atoms with E-state index >= 15 is 0 Å². The number of carbonyl (C=O) groups is 2. The lowest BCUT2D eigenvalue weighted by molar-refractivity contribution is -0.117. The molecule has 2 N–H and O–H groups in total. The molecule has 0 aliphatic carbocycles. The maximum Gasteiger partial charge on any atom is 0.319 e. The largest absolute Gasteiger partial charge is 0.378 e. The van der Waals surface area contributed by atoms with Gasteiger partial charge in [-0.2, -0.15) is 0 Å². The highest BCUT2D eigenvalue weighted by atomic mass is 16.5. The summed E-state index contributed by atoms with van der Waals surface area (Å²) in [7, 11) is 0. The Morgan fingerprint density at radius 2 is 1.93 bits per heavy atom. The van der Waals surface area contributed by atoms with E-state index in [1.165, 1.54) is 19.3 Å². The second-order valence-electron chi connectivity index (χ2n) is 8.06. The number of likely N-dealkylation sites (tertiary alicyclic amines) is 1. The summed E-state index contributed by atoms with van der Waals surface area (Å²) in [4.78, 5) is 28.8. The van der Waals surface area contributed by atoms with Gasteiger partial charge in [0.15, 0.2) is 0 Å². The molecule has 7 heteroatoms. The predicted molar refractivity (Wildman–Crippen MR) is 109 cm³/mol. The Balaban J connectivity index is 1.35. The number of hydrogen-bond acceptors (Lipinski definition) is 4. The molecule has 0 unspecified atom stereocenters. The molecule has 28 heavy (non-hydrogen) atoms. The van der Waals surface area contributed by atoms with Crippen LogP contribution in [0, 0.1) is 6.92 Å². The molecule has 0 radical (unpaired) electrons. The molecule has 0 saturated carbocycles. The van der Waals surface area contributed by atoms with Crippen molar-refractivity contribution in [3.8, 4) is 0 Å². The smallest absolute Gasteiger partial charge is 0.319 e. The average molecular weight is 386 g/mol. The highest BCUT2D eigenvalue weighted by Crippen LogP contribution is 2.27. The molecule has 3 aliphatic rings. The minimum absolute atomic E-state index is 0.0145. The van der Waals surface area contributed by atoms with Gasteiger partial charge in [0.1, 0.15) is 0 Å². The molecule has 3 aliphatic heterocycles. The number of rotatable bonds is 4. The van der Waals surface area contributed by atoms with E-state index < -0.39 is 0 Å². The van der Waals surface area contributed by atoms with Crippen molar-refractivity contribution >= 4 is 23.3 Å². The van der Waals surface area contributed by atoms with Gasteiger partial charge >= 0.3 is 6.03 Å². The van der Waals surface area contributed by atoms with Crippen molar-refractivity contribution in [3.63, 3.8) is 0 Å². The van der Waals surface area contributed by atoms with Crippen LogP contribution in [0.5, 0.6) is 0 Å². The van der Waals surface area contributed by atoms with Crippen molar-refractivity contribution in [1.29, 1.82) is 0 Å². The Labute approximate surface area is 166 Å². The topological polar surface area (TPSA) is 73.9 Å². The highest BCUT2D eigenvalue weighted by Gasteiger charge is 2.34. The van der Waals surface area contributed by atoms with Crippen LogP contribution in [0.4, 0.5) is 16.2 Å². The van der Waals surface area contributed by atoms with E-state index in [1.807, 2.05) is 30.0 Å². The first kappa shape index (κ1) is 19.2. The van der Waals surface area contributed by atoms with Gasteiger partial charge in [-0.05, 0) is 63.0 Å². The maximum absolute atomic E-state index is 12.5. The fourth-order valence-electron chi connectivity index (χ4n) is 4.57. The summed E-state index contributed by atoms with van der Waals surface area (Å²) in [5, 5.41) is 6.02. The third-order valence-corrected chi connectivity index (χ3v) is 6.05. The number of carbonyl (C=O) groups excluding carboxylic acids is 2. The maximum atomic E-state index is 12.5. The normalized spacial score (nSPS) is 25.9. The van der Waals surface area contributed by atoms with Crippen LogP contribution in [0.15, 0.2) is 18.2 Å². The molecule has 3 amide bonds. The molecule has 3 fully saturated rings. The number of hydrogen-bond donors (Lipinski definition) is 2. The molecule has 3 heterocycles. The van der Waals surface area contributed by atoms with Gasteiger partial charge in [-0.1, -0.05) is 6.42 Å². The number of nitrogens with one attached hydrogen (secondary N) is 2. The average Bonchev–Trinajstić information content (AvgIpc) is 3.31. The zero-order valence-corrected chi connectivity index (χ0v) is 16.6. The summed E-state index contributed by atoms with van der Waals surface area (Å²) >= 11 is 0. The first-order valence-electron chi connectivity index (χ1n) is 10.4. The van der Waals surface area contributed by atoms with Gasteiger partial charge in [-0.15, -0.1) is 0 Å². The van der Waals surface area contributed by atoms with E-state index in [4.69, 9.17) is 4.74 Å². The van der Waals surface area contributed by atoms with Crippen LogP contribution in [0.2, 0.25) is 0 Å². The molecule has 0 spiro atoms. The Morgan fingerprint density at radius 1 is 1.11 bits per heavy atom. The molecule has 0 aromatic heterocycles. The Bertz CT molecular complexity index is 732. The molecule has 4 rings (SSSR count). The first-order valence-corrected chi connectivity index (χ1v) is 10.4. The van der Waals surface area contributed by atoms with Crippen LogP contribution in [-0.2, 0) is 9.53 Å². The summed E-state index contributed by atoms with van der Waals surface area (Å²) in [6.07, 6.45) is 5.26. The van der Waals surface area contributed by atoms with Crippen molar-refractivity contribution < 1.29 is 14.3 Å². The van der Waals surface area contributed by atoms with Crippen LogP contribution in [0.1, 0.15) is 37.7 Å². The number of amides is 3. The van der Waals surface area contributed by atoms with E-state index in [0.717, 1.165) is 43.0 Å². The van der Waals surface area contributed by atoms with Crippen molar-refractivity contribution in [2.45, 2.75) is 51.1 Å². The molecule has 1 aromatic carbocycles. The minimum atomic E-state index is -0.207. The standard InChI is InChI=1S/C21H30N4O3/c1-15-12-16(7-8-18(15)25-11-5-6-20(25)26)22-21(27)23-17-13-28-14-19(17)24-9-3-2-4-10-24/h7-8,12,17,19H,2-6,9-11,13-14H2,1H3,(H2,22,23,27)/t17-,19-/m1/s1. The first-order chi connectivity index (χ1) is 13.6. The summed E-state index contributed by atoms with van der Waals surface area (Å²) < 4.78 is 5.65. The number of piperidine rings is 1. The van der Waals surface area contributed by atoms with Gasteiger partial charge in [-0.25, -0.2) is 4.79 Å². The monoisotopic (exact) mass is 386 g/mol. The van der Waals surface area contributed by atoms with E-state index in [9.17, 15) is 9.59 Å². The lowest BCUT2D eigenvalue weighted by atomic mass is 10.1. The summed E-state index contributed by atoms with van der Waals surface area (Å²) in [6.45, 7) is 6.16. The van der Waals surface area contributed by atoms with Gasteiger partial charge in [0.2, 0.25) is 5.91 Å². The molecule has 1 aromatic rings. The van der Waals surface area contributed by atoms with Crippen LogP contribution in [0.3, 0.4) is 0 Å². The van der Waals surface area contributed by atoms with Crippen LogP contribution in [0.25, 0.3) is 0 Å². The fourth-order valence-corrected chi connectivity index (χ4v) is 4.57.